The van der Waals surface area contributed by atoms with Crippen molar-refractivity contribution in [2.75, 3.05) is 0 Å². The van der Waals surface area contributed by atoms with Crippen LogP contribution in [0.2, 0.25) is 0 Å². The topological polar surface area (TPSA) is 0 Å². The predicted octanol–water partition coefficient (Wildman–Crippen LogP) is 9.88. The molecule has 0 nitrogen and oxygen atoms in total. The lowest BCUT2D eigenvalue weighted by molar-refractivity contribution is -0.0537. The Morgan fingerprint density at radius 1 is 1.00 bits per heavy atom. The Labute approximate surface area is 190 Å². The quantitative estimate of drug-likeness (QED) is 0.387. The van der Waals surface area contributed by atoms with Crippen LogP contribution in [0.15, 0.2) is 11.6 Å². The summed E-state index contributed by atoms with van der Waals surface area (Å²) in [6.45, 7) is 16.5. The molecule has 0 radical (unpaired) electrons. The van der Waals surface area contributed by atoms with Gasteiger partial charge in [-0.15, -0.1) is 0 Å². The summed E-state index contributed by atoms with van der Waals surface area (Å²) in [6.07, 6.45) is 15.8. The van der Waals surface area contributed by atoms with Crippen molar-refractivity contribution in [3.05, 3.63) is 11.6 Å². The first kappa shape index (κ1) is 24.3. The van der Waals surface area contributed by atoms with Crippen molar-refractivity contribution in [1.29, 1.82) is 0 Å². The van der Waals surface area contributed by atoms with Crippen molar-refractivity contribution in [1.82, 2.24) is 0 Å². The van der Waals surface area contributed by atoms with E-state index in [4.69, 9.17) is 0 Å². The highest BCUT2D eigenvalue weighted by Crippen LogP contribution is 2.67. The van der Waals surface area contributed by atoms with Crippen molar-refractivity contribution < 1.29 is 7.24 Å². The summed E-state index contributed by atoms with van der Waals surface area (Å²) in [7, 11) is 0. The monoisotopic (exact) mass is 422 g/mol. The molecule has 0 bridgehead atoms. The van der Waals surface area contributed by atoms with Gasteiger partial charge >= 0.3 is 0 Å². The fourth-order valence-electron chi connectivity index (χ4n) is 8.64. The van der Waals surface area contributed by atoms with Crippen LogP contribution in [0, 0.1) is 46.3 Å². The number of alkyl halides is 1. The summed E-state index contributed by atoms with van der Waals surface area (Å²) >= 11 is 0. The average Bonchev–Trinajstić information content (AvgIpc) is 3.07. The fourth-order valence-corrected chi connectivity index (χ4v) is 8.64. The maximum atomic E-state index is 14.1. The Hall–Kier alpha value is -0.330. The van der Waals surface area contributed by atoms with E-state index < -0.39 is 6.17 Å². The summed E-state index contributed by atoms with van der Waals surface area (Å²) < 4.78 is 14.1. The van der Waals surface area contributed by atoms with E-state index in [0.717, 1.165) is 54.8 Å². The summed E-state index contributed by atoms with van der Waals surface area (Å²) in [5, 5.41) is 0. The molecule has 8 atom stereocenters. The van der Waals surface area contributed by atoms with Gasteiger partial charge in [0.25, 0.3) is 0 Å². The maximum Gasteiger partial charge on any atom is 0.104 e. The highest BCUT2D eigenvalue weighted by molar-refractivity contribution is 5.25. The second-order valence-electron chi connectivity index (χ2n) is 12.1. The molecule has 3 unspecified atom stereocenters. The molecule has 3 fully saturated rings. The Kier molecular flexibility index (Phi) is 7.83. The minimum Gasteiger partial charge on any atom is -0.247 e. The summed E-state index contributed by atoms with van der Waals surface area (Å²) in [4.78, 5) is 0. The zero-order valence-corrected chi connectivity index (χ0v) is 21.3. The first-order chi connectivity index (χ1) is 14.3. The molecule has 4 aliphatic carbocycles. The van der Waals surface area contributed by atoms with Crippen molar-refractivity contribution >= 4 is 0 Å². The van der Waals surface area contributed by atoms with E-state index in [0.29, 0.717) is 10.8 Å². The van der Waals surface area contributed by atoms with Crippen LogP contribution < -0.4 is 0 Å². The van der Waals surface area contributed by atoms with Crippen LogP contribution in [-0.4, -0.2) is 6.17 Å². The lowest BCUT2D eigenvalue weighted by Crippen LogP contribution is -2.50. The smallest absolute Gasteiger partial charge is 0.104 e. The molecule has 4 aliphatic rings. The minimum atomic E-state index is -0.577. The summed E-state index contributed by atoms with van der Waals surface area (Å²) in [5.41, 5.74) is 2.37. The number of hydrogen-bond donors (Lipinski definition) is 0. The first-order valence-corrected chi connectivity index (χ1v) is 13.6. The number of halogens is 1. The molecule has 4 rings (SSSR count). The molecule has 0 aliphatic heterocycles. The van der Waals surface area contributed by atoms with Crippen LogP contribution in [0.5, 0.6) is 0 Å². The molecule has 0 amide bonds. The van der Waals surface area contributed by atoms with E-state index >= 15 is 0 Å². The SMILES string of the molecule is CC.CC(C)CCC[C@@H](C)[C@H]1CCC2[C@@H]3CC=C4CC(F)CC[C@]4(C)C3CC[C@@]21C.[HH].[HH]. The van der Waals surface area contributed by atoms with Gasteiger partial charge in [-0.05, 0) is 91.3 Å². The van der Waals surface area contributed by atoms with Crippen molar-refractivity contribution in [3.8, 4) is 0 Å². The minimum absolute atomic E-state index is 0. The van der Waals surface area contributed by atoms with Crippen LogP contribution in [0.3, 0.4) is 0 Å². The molecule has 0 aromatic carbocycles. The average molecular weight is 423 g/mol. The second-order valence-corrected chi connectivity index (χ2v) is 12.1. The van der Waals surface area contributed by atoms with Gasteiger partial charge in [0, 0.05) is 9.27 Å². The highest BCUT2D eigenvalue weighted by Gasteiger charge is 2.59. The molecule has 0 aromatic heterocycles. The lowest BCUT2D eigenvalue weighted by Gasteiger charge is -2.58. The first-order valence-electron chi connectivity index (χ1n) is 13.6. The molecular formula is C29H55F. The molecule has 0 spiro atoms. The van der Waals surface area contributed by atoms with E-state index in [2.05, 4.69) is 40.7 Å². The van der Waals surface area contributed by atoms with Gasteiger partial charge in [-0.25, -0.2) is 4.39 Å². The van der Waals surface area contributed by atoms with E-state index in [1.54, 1.807) is 0 Å². The van der Waals surface area contributed by atoms with Crippen molar-refractivity contribution in [3.63, 3.8) is 0 Å². The van der Waals surface area contributed by atoms with Gasteiger partial charge in [-0.1, -0.05) is 79.4 Å². The maximum absolute atomic E-state index is 14.1. The van der Waals surface area contributed by atoms with E-state index in [-0.39, 0.29) is 2.85 Å². The number of allylic oxidation sites excluding steroid dienone is 2. The van der Waals surface area contributed by atoms with Gasteiger partial charge in [0.2, 0.25) is 0 Å². The largest absolute Gasteiger partial charge is 0.247 e. The molecule has 0 aromatic rings. The number of hydrogen-bond acceptors (Lipinski definition) is 0. The molecule has 0 N–H and O–H groups in total. The van der Waals surface area contributed by atoms with Crippen LogP contribution in [0.1, 0.15) is 122 Å². The Bertz CT molecular complexity index is 602. The van der Waals surface area contributed by atoms with Gasteiger partial charge in [-0.2, -0.15) is 0 Å². The van der Waals surface area contributed by atoms with Crippen LogP contribution in [-0.2, 0) is 0 Å². The zero-order chi connectivity index (χ0) is 22.1. The van der Waals surface area contributed by atoms with Crippen LogP contribution >= 0.6 is 0 Å². The summed E-state index contributed by atoms with van der Waals surface area (Å²) in [5.74, 6) is 5.28. The molecule has 0 heterocycles. The second kappa shape index (κ2) is 9.66. The molecule has 0 saturated heterocycles. The molecule has 30 heavy (non-hydrogen) atoms. The lowest BCUT2D eigenvalue weighted by atomic mass is 9.47. The van der Waals surface area contributed by atoms with Crippen molar-refractivity contribution in [2.45, 2.75) is 125 Å². The van der Waals surface area contributed by atoms with Gasteiger partial charge < -0.3 is 0 Å². The highest BCUT2D eigenvalue weighted by atomic mass is 19.1. The van der Waals surface area contributed by atoms with Crippen molar-refractivity contribution in [2.24, 2.45) is 46.3 Å². The molecule has 1 heteroatoms. The fraction of sp³-hybridized carbons (Fsp3) is 0.931. The molecular weight excluding hydrogens is 367 g/mol. The van der Waals surface area contributed by atoms with Gasteiger partial charge in [-0.3, -0.25) is 0 Å². The Balaban J connectivity index is 0.00000125. The summed E-state index contributed by atoms with van der Waals surface area (Å²) in [6, 6.07) is 0. The number of fused-ring (bicyclic) bond motifs is 5. The van der Waals surface area contributed by atoms with Crippen LogP contribution in [0.25, 0.3) is 0 Å². The molecule has 178 valence electrons. The predicted molar refractivity (Wildman–Crippen MR) is 134 cm³/mol. The number of rotatable bonds is 5. The standard InChI is InChI=1S/C27H45F.C2H6.2H2/c1-18(2)7-6-8-19(3)23-11-12-24-22-10-9-20-17-21(28)13-15-26(20,4)25(22)14-16-27(23,24)5;1-2;;/h9,18-19,21-25H,6-8,10-17H2,1-5H3;1-2H3;2*1H/t19-,21?,22+,23-,24?,25?,26+,27-;;;/m1.../s1. The van der Waals surface area contributed by atoms with Gasteiger partial charge in [0.05, 0.1) is 0 Å². The van der Waals surface area contributed by atoms with Gasteiger partial charge in [0.1, 0.15) is 6.17 Å². The van der Waals surface area contributed by atoms with E-state index in [1.807, 2.05) is 13.8 Å². The normalized spacial score (nSPS) is 43.6. The third-order valence-electron chi connectivity index (χ3n) is 10.2. The van der Waals surface area contributed by atoms with Crippen LogP contribution in [0.4, 0.5) is 4.39 Å². The van der Waals surface area contributed by atoms with E-state index in [9.17, 15) is 4.39 Å². The zero-order valence-electron chi connectivity index (χ0n) is 21.3. The van der Waals surface area contributed by atoms with E-state index in [1.165, 1.54) is 56.9 Å². The molecule has 3 saturated carbocycles. The Morgan fingerprint density at radius 3 is 2.43 bits per heavy atom. The Morgan fingerprint density at radius 2 is 1.73 bits per heavy atom. The van der Waals surface area contributed by atoms with Gasteiger partial charge in [0.15, 0.2) is 0 Å². The third-order valence-corrected chi connectivity index (χ3v) is 10.2. The third kappa shape index (κ3) is 4.30.